The first-order chi connectivity index (χ1) is 22.8. The fourth-order valence-corrected chi connectivity index (χ4v) is 10.7. The topological polar surface area (TPSA) is 35.5 Å². The molecule has 5 rings (SSSR count). The van der Waals surface area contributed by atoms with Crippen molar-refractivity contribution < 1.29 is 18.7 Å². The number of fused-ring (bicyclic) bond motifs is 5. The number of halogens is 1. The van der Waals surface area contributed by atoms with E-state index in [0.29, 0.717) is 12.0 Å². The van der Waals surface area contributed by atoms with Gasteiger partial charge in [0.25, 0.3) is 0 Å². The molecule has 8 atom stereocenters. The van der Waals surface area contributed by atoms with E-state index in [1.165, 1.54) is 74.2 Å². The van der Waals surface area contributed by atoms with Crippen molar-refractivity contribution in [2.24, 2.45) is 46.3 Å². The van der Waals surface area contributed by atoms with E-state index in [4.69, 9.17) is 9.47 Å². The second-order valence-electron chi connectivity index (χ2n) is 17.4. The molecule has 1 unspecified atom stereocenters. The van der Waals surface area contributed by atoms with Gasteiger partial charge in [-0.25, -0.2) is 9.18 Å². The molecule has 3 fully saturated rings. The predicted molar refractivity (Wildman–Crippen MR) is 197 cm³/mol. The monoisotopic (exact) mass is 660 g/mol. The van der Waals surface area contributed by atoms with Crippen LogP contribution in [0.3, 0.4) is 0 Å². The highest BCUT2D eigenvalue weighted by molar-refractivity contribution is 5.89. The van der Waals surface area contributed by atoms with Gasteiger partial charge in [-0.05, 0) is 149 Å². The predicted octanol–water partition coefficient (Wildman–Crippen LogP) is 12.5. The molecule has 0 spiro atoms. The second-order valence-corrected chi connectivity index (χ2v) is 17.4. The van der Waals surface area contributed by atoms with Crippen molar-refractivity contribution in [1.82, 2.24) is 0 Å². The zero-order valence-electron chi connectivity index (χ0n) is 31.5. The third kappa shape index (κ3) is 8.15. The van der Waals surface area contributed by atoms with Crippen molar-refractivity contribution in [2.75, 3.05) is 6.61 Å². The Kier molecular flexibility index (Phi) is 12.1. The molecule has 4 aliphatic carbocycles. The van der Waals surface area contributed by atoms with E-state index in [-0.39, 0.29) is 22.8 Å². The van der Waals surface area contributed by atoms with E-state index in [1.807, 2.05) is 6.08 Å². The molecule has 4 heteroatoms. The molecular formula is C44H65FO3. The lowest BCUT2D eigenvalue weighted by Crippen LogP contribution is -2.51. The summed E-state index contributed by atoms with van der Waals surface area (Å²) in [4.78, 5) is 13.2. The molecule has 0 aromatic heterocycles. The fourth-order valence-electron chi connectivity index (χ4n) is 10.7. The summed E-state index contributed by atoms with van der Waals surface area (Å²) in [7, 11) is 0. The van der Waals surface area contributed by atoms with Crippen molar-refractivity contribution in [1.29, 1.82) is 0 Å². The molecule has 3 saturated carbocycles. The molecule has 1 aromatic carbocycles. The van der Waals surface area contributed by atoms with Crippen LogP contribution in [0.15, 0.2) is 53.1 Å². The van der Waals surface area contributed by atoms with Crippen LogP contribution in [0, 0.1) is 52.2 Å². The molecule has 0 saturated heterocycles. The Morgan fingerprint density at radius 1 is 1.00 bits per heavy atom. The summed E-state index contributed by atoms with van der Waals surface area (Å²) in [5, 5.41) is 0. The third-order valence-corrected chi connectivity index (χ3v) is 13.5. The van der Waals surface area contributed by atoms with Gasteiger partial charge in [0.2, 0.25) is 0 Å². The third-order valence-electron chi connectivity index (χ3n) is 13.5. The summed E-state index contributed by atoms with van der Waals surface area (Å²) in [5.74, 6) is 4.07. The minimum absolute atomic E-state index is 0.150. The van der Waals surface area contributed by atoms with Gasteiger partial charge in [-0.1, -0.05) is 82.8 Å². The van der Waals surface area contributed by atoms with Crippen LogP contribution >= 0.6 is 0 Å². The number of hydrogen-bond acceptors (Lipinski definition) is 3. The zero-order valence-corrected chi connectivity index (χ0v) is 31.5. The number of allylic oxidation sites excluding steroid dienone is 4. The van der Waals surface area contributed by atoms with Gasteiger partial charge in [-0.3, -0.25) is 0 Å². The molecule has 0 heterocycles. The van der Waals surface area contributed by atoms with Crippen LogP contribution in [-0.4, -0.2) is 18.7 Å². The summed E-state index contributed by atoms with van der Waals surface area (Å²) in [6.07, 6.45) is 22.2. The first kappa shape index (κ1) is 36.9. The quantitative estimate of drug-likeness (QED) is 0.156. The molecule has 0 amide bonds. The van der Waals surface area contributed by atoms with Crippen LogP contribution in [-0.2, 0) is 4.74 Å². The molecule has 48 heavy (non-hydrogen) atoms. The standard InChI is InChI=1S/C44H65FO3/c1-29(2)11-9-13-31(5)23-26-47-41-20-15-33(27-40(41)45)42(46)48-35-21-24-43(7)34(28-35)16-17-36-38-19-18-37(32(6)14-10-12-30(3)4)44(38,8)25-22-39(36)43/h11,15-16,20,23,27,30,32,35-39H,9-10,12-14,17-19,21-22,24-26,28H2,1-8H3/b31-23+/t32-,35?,36+,37-,38+,39+,43+,44-/m1/s1. The first-order valence-corrected chi connectivity index (χ1v) is 19.4. The number of ether oxygens (including phenoxy) is 2. The molecule has 266 valence electrons. The van der Waals surface area contributed by atoms with Crippen LogP contribution in [0.4, 0.5) is 4.39 Å². The van der Waals surface area contributed by atoms with Gasteiger partial charge in [0.1, 0.15) is 12.7 Å². The van der Waals surface area contributed by atoms with Crippen molar-refractivity contribution in [3.8, 4) is 5.75 Å². The van der Waals surface area contributed by atoms with E-state index in [0.717, 1.165) is 67.6 Å². The second kappa shape index (κ2) is 15.7. The molecular weight excluding hydrogens is 595 g/mol. The maximum absolute atomic E-state index is 14.9. The van der Waals surface area contributed by atoms with Crippen molar-refractivity contribution in [2.45, 2.75) is 145 Å². The largest absolute Gasteiger partial charge is 0.486 e. The zero-order chi connectivity index (χ0) is 34.6. The Morgan fingerprint density at radius 2 is 1.79 bits per heavy atom. The number of carbonyl (C=O) groups is 1. The van der Waals surface area contributed by atoms with E-state index in [2.05, 4.69) is 67.5 Å². The lowest BCUT2D eigenvalue weighted by atomic mass is 9.47. The Balaban J connectivity index is 1.15. The smallest absolute Gasteiger partial charge is 0.338 e. The van der Waals surface area contributed by atoms with Crippen LogP contribution in [0.5, 0.6) is 5.75 Å². The highest BCUT2D eigenvalue weighted by Gasteiger charge is 2.59. The molecule has 4 aliphatic rings. The maximum Gasteiger partial charge on any atom is 0.338 e. The lowest BCUT2D eigenvalue weighted by molar-refractivity contribution is -0.0594. The van der Waals surface area contributed by atoms with Crippen LogP contribution < -0.4 is 4.74 Å². The van der Waals surface area contributed by atoms with Gasteiger partial charge in [-0.15, -0.1) is 0 Å². The first-order valence-electron chi connectivity index (χ1n) is 19.4. The summed E-state index contributed by atoms with van der Waals surface area (Å²) in [6, 6.07) is 4.44. The molecule has 0 radical (unpaired) electrons. The highest BCUT2D eigenvalue weighted by Crippen LogP contribution is 2.67. The molecule has 1 aromatic rings. The summed E-state index contributed by atoms with van der Waals surface area (Å²) < 4.78 is 26.7. The van der Waals surface area contributed by atoms with Crippen LogP contribution in [0.2, 0.25) is 0 Å². The van der Waals surface area contributed by atoms with Gasteiger partial charge in [-0.2, -0.15) is 0 Å². The Hall–Kier alpha value is -2.36. The number of esters is 1. The summed E-state index contributed by atoms with van der Waals surface area (Å²) in [6.45, 7) is 19.0. The minimum Gasteiger partial charge on any atom is -0.486 e. The minimum atomic E-state index is -0.527. The van der Waals surface area contributed by atoms with E-state index in [9.17, 15) is 9.18 Å². The Bertz CT molecular complexity index is 1370. The highest BCUT2D eigenvalue weighted by atomic mass is 19.1. The molecule has 0 bridgehead atoms. The van der Waals surface area contributed by atoms with E-state index < -0.39 is 11.8 Å². The normalized spacial score (nSPS) is 32.1. The van der Waals surface area contributed by atoms with Gasteiger partial charge < -0.3 is 9.47 Å². The van der Waals surface area contributed by atoms with Crippen LogP contribution in [0.25, 0.3) is 0 Å². The Morgan fingerprint density at radius 3 is 2.52 bits per heavy atom. The Labute approximate surface area is 292 Å². The van der Waals surface area contributed by atoms with Crippen molar-refractivity contribution >= 4 is 5.97 Å². The van der Waals surface area contributed by atoms with E-state index >= 15 is 0 Å². The summed E-state index contributed by atoms with van der Waals surface area (Å²) in [5.41, 5.74) is 4.98. The maximum atomic E-state index is 14.9. The van der Waals surface area contributed by atoms with E-state index in [1.54, 1.807) is 12.1 Å². The van der Waals surface area contributed by atoms with Crippen molar-refractivity contribution in [3.05, 3.63) is 64.5 Å². The molecule has 3 nitrogen and oxygen atoms in total. The molecule has 0 N–H and O–H groups in total. The van der Waals surface area contributed by atoms with Crippen LogP contribution in [0.1, 0.15) is 149 Å². The van der Waals surface area contributed by atoms with Gasteiger partial charge in [0, 0.05) is 6.42 Å². The number of carbonyl (C=O) groups excluding carboxylic acids is 1. The SMILES string of the molecule is CC(C)=CCC/C(C)=C/COc1ccc(C(=O)OC2CC[C@@]3(C)C(=CC[C@H]4[C@@H]5CC[C@H]([C@H](C)CCCC(C)C)[C@@]5(C)CC[C@@H]43)C2)cc1F. The van der Waals surface area contributed by atoms with Gasteiger partial charge in [0.05, 0.1) is 5.56 Å². The van der Waals surface area contributed by atoms with Gasteiger partial charge in [0.15, 0.2) is 11.6 Å². The van der Waals surface area contributed by atoms with Crippen molar-refractivity contribution in [3.63, 3.8) is 0 Å². The number of hydrogen-bond donors (Lipinski definition) is 0. The fraction of sp³-hybridized carbons (Fsp3) is 0.705. The average molecular weight is 661 g/mol. The lowest BCUT2D eigenvalue weighted by Gasteiger charge is -2.58. The van der Waals surface area contributed by atoms with Gasteiger partial charge >= 0.3 is 5.97 Å². The number of rotatable bonds is 13. The molecule has 0 aliphatic heterocycles. The summed E-state index contributed by atoms with van der Waals surface area (Å²) >= 11 is 0. The average Bonchev–Trinajstić information content (AvgIpc) is 3.39. The number of benzene rings is 1.